The SMILES string of the molecule is CC.[I][SnH]([I])[I]. The topological polar surface area (TPSA) is 0 Å². The minimum atomic E-state index is -0.727. The molecule has 0 radical (unpaired) electrons. The van der Waals surface area contributed by atoms with Crippen molar-refractivity contribution < 1.29 is 0 Å². The summed E-state index contributed by atoms with van der Waals surface area (Å²) in [5.41, 5.74) is 0. The first-order chi connectivity index (χ1) is 2.73. The summed E-state index contributed by atoms with van der Waals surface area (Å²) in [6, 6.07) is 0. The molecule has 0 N–H and O–H groups in total. The summed E-state index contributed by atoms with van der Waals surface area (Å²) in [6.45, 7) is 4.00. The Labute approximate surface area is 75.5 Å². The van der Waals surface area contributed by atoms with Gasteiger partial charge >= 0.3 is 63.8 Å². The molecule has 0 amide bonds. The van der Waals surface area contributed by atoms with E-state index in [1.165, 1.54) is 0 Å². The van der Waals surface area contributed by atoms with Crippen molar-refractivity contribution in [1.82, 2.24) is 0 Å². The zero-order valence-corrected chi connectivity index (χ0v) is 13.5. The zero-order valence-electron chi connectivity index (χ0n) is 3.71. The van der Waals surface area contributed by atoms with Gasteiger partial charge in [-0.25, -0.2) is 0 Å². The molecule has 6 heavy (non-hydrogen) atoms. The second kappa shape index (κ2) is 10.9. The van der Waals surface area contributed by atoms with Crippen LogP contribution in [0, 0.1) is 0 Å². The van der Waals surface area contributed by atoms with Crippen molar-refractivity contribution in [1.29, 1.82) is 0 Å². The number of hydrogen-bond acceptors (Lipinski definition) is 0. The predicted octanol–water partition coefficient (Wildman–Crippen LogP) is 3.03. The molecule has 0 fully saturated rings. The van der Waals surface area contributed by atoms with Crippen molar-refractivity contribution >= 4 is 63.8 Å². The second-order valence-corrected chi connectivity index (χ2v) is 74.7. The molecule has 0 nitrogen and oxygen atoms in total. The number of halogens is 3. The van der Waals surface area contributed by atoms with Crippen LogP contribution >= 0.6 is 55.9 Å². The van der Waals surface area contributed by atoms with E-state index in [1.807, 2.05) is 13.8 Å². The first kappa shape index (κ1) is 11.7. The second-order valence-electron chi connectivity index (χ2n) is 0.247. The van der Waals surface area contributed by atoms with E-state index >= 15 is 0 Å². The van der Waals surface area contributed by atoms with E-state index in [0.717, 1.165) is 0 Å². The summed E-state index contributed by atoms with van der Waals surface area (Å²) in [4.78, 5) is 0. The van der Waals surface area contributed by atoms with Crippen LogP contribution in [0.4, 0.5) is 0 Å². The van der Waals surface area contributed by atoms with Crippen LogP contribution in [0.3, 0.4) is 0 Å². The summed E-state index contributed by atoms with van der Waals surface area (Å²) in [6.07, 6.45) is 0. The average molecular weight is 531 g/mol. The first-order valence-corrected chi connectivity index (χ1v) is 30.5. The van der Waals surface area contributed by atoms with E-state index in [2.05, 4.69) is 55.9 Å². The van der Waals surface area contributed by atoms with Gasteiger partial charge in [-0.2, -0.15) is 0 Å². The van der Waals surface area contributed by atoms with Gasteiger partial charge < -0.3 is 0 Å². The molecule has 0 heterocycles. The summed E-state index contributed by atoms with van der Waals surface area (Å²) < 4.78 is 0. The molecule has 0 spiro atoms. The van der Waals surface area contributed by atoms with Gasteiger partial charge in [0.05, 0.1) is 0 Å². The molecule has 0 aromatic carbocycles. The molecule has 40 valence electrons. The Hall–Kier alpha value is 2.99. The van der Waals surface area contributed by atoms with Crippen molar-refractivity contribution in [2.45, 2.75) is 13.8 Å². The Kier molecular flexibility index (Phi) is 21.3. The molecule has 0 aromatic rings. The van der Waals surface area contributed by atoms with Gasteiger partial charge in [0.2, 0.25) is 0 Å². The minimum absolute atomic E-state index is 0.727. The summed E-state index contributed by atoms with van der Waals surface area (Å²) in [7, 11) is -0.727. The van der Waals surface area contributed by atoms with E-state index in [0.29, 0.717) is 0 Å². The van der Waals surface area contributed by atoms with E-state index < -0.39 is 7.86 Å². The molecule has 0 atom stereocenters. The summed E-state index contributed by atoms with van der Waals surface area (Å²) in [5, 5.41) is 0. The molecule has 0 aliphatic rings. The molecule has 0 unspecified atom stereocenters. The van der Waals surface area contributed by atoms with Gasteiger partial charge in [0.25, 0.3) is 0 Å². The van der Waals surface area contributed by atoms with E-state index in [4.69, 9.17) is 0 Å². The molecule has 0 saturated heterocycles. The maximum absolute atomic E-state index is 2.53. The summed E-state index contributed by atoms with van der Waals surface area (Å²) >= 11 is 7.58. The van der Waals surface area contributed by atoms with Crippen molar-refractivity contribution in [2.75, 3.05) is 0 Å². The zero-order chi connectivity index (χ0) is 5.58. The van der Waals surface area contributed by atoms with Crippen LogP contribution in [0.25, 0.3) is 0 Å². The first-order valence-electron chi connectivity index (χ1n) is 1.65. The Bertz CT molecular complexity index is 13.5. The van der Waals surface area contributed by atoms with E-state index in [-0.39, 0.29) is 0 Å². The van der Waals surface area contributed by atoms with Crippen LogP contribution < -0.4 is 0 Å². The Morgan fingerprint density at radius 3 is 1.00 bits per heavy atom. The predicted molar refractivity (Wildman–Crippen MR) is 60.6 cm³/mol. The molecule has 0 aliphatic heterocycles. The Morgan fingerprint density at radius 2 is 1.00 bits per heavy atom. The van der Waals surface area contributed by atoms with Gasteiger partial charge in [-0.3, -0.25) is 0 Å². The van der Waals surface area contributed by atoms with Crippen LogP contribution in [-0.4, -0.2) is 7.86 Å². The van der Waals surface area contributed by atoms with Crippen LogP contribution in [0.2, 0.25) is 0 Å². The Balaban J connectivity index is 0. The van der Waals surface area contributed by atoms with Crippen molar-refractivity contribution in [2.24, 2.45) is 0 Å². The van der Waals surface area contributed by atoms with Crippen molar-refractivity contribution in [3.63, 3.8) is 0 Å². The third-order valence-electron chi connectivity index (χ3n) is 0. The molecule has 0 aromatic heterocycles. The Morgan fingerprint density at radius 1 is 1.00 bits per heavy atom. The molecule has 4 heteroatoms. The quantitative estimate of drug-likeness (QED) is 0.334. The van der Waals surface area contributed by atoms with Gasteiger partial charge in [0.15, 0.2) is 0 Å². The average Bonchev–Trinajstić information content (AvgIpc) is 1.41. The third kappa shape index (κ3) is 28.1. The van der Waals surface area contributed by atoms with Crippen molar-refractivity contribution in [3.05, 3.63) is 0 Å². The monoisotopic (exact) mass is 532 g/mol. The van der Waals surface area contributed by atoms with Gasteiger partial charge in [0, 0.05) is 0 Å². The van der Waals surface area contributed by atoms with Gasteiger partial charge in [-0.1, -0.05) is 13.8 Å². The molecular formula is C2H7I3Sn. The van der Waals surface area contributed by atoms with Crippen LogP contribution in [-0.2, 0) is 0 Å². The van der Waals surface area contributed by atoms with E-state index in [1.54, 1.807) is 0 Å². The van der Waals surface area contributed by atoms with Crippen molar-refractivity contribution in [3.8, 4) is 0 Å². The van der Waals surface area contributed by atoms with Gasteiger partial charge in [0.1, 0.15) is 0 Å². The fraction of sp³-hybridized carbons (Fsp3) is 1.00. The molecule has 0 saturated carbocycles. The van der Waals surface area contributed by atoms with Crippen LogP contribution in [0.15, 0.2) is 0 Å². The fourth-order valence-corrected chi connectivity index (χ4v) is 0. The normalized spacial score (nSPS) is 7.00. The number of hydrogen-bond donors (Lipinski definition) is 0. The maximum atomic E-state index is 2.53. The van der Waals surface area contributed by atoms with Gasteiger partial charge in [-0.05, 0) is 0 Å². The molecule has 0 bridgehead atoms. The van der Waals surface area contributed by atoms with Crippen LogP contribution in [0.5, 0.6) is 0 Å². The van der Waals surface area contributed by atoms with Crippen LogP contribution in [0.1, 0.15) is 13.8 Å². The fourth-order valence-electron chi connectivity index (χ4n) is 0. The van der Waals surface area contributed by atoms with Gasteiger partial charge in [-0.15, -0.1) is 0 Å². The third-order valence-corrected chi connectivity index (χ3v) is 0. The molecule has 0 rings (SSSR count). The standard InChI is InChI=1S/C2H6.3HI.Sn.H/c1-2;;;;;/h1-2H3;3*1H;;/q;;;;+3;/p-3. The molecule has 0 aliphatic carbocycles. The summed E-state index contributed by atoms with van der Waals surface area (Å²) in [5.74, 6) is 0. The number of rotatable bonds is 0. The van der Waals surface area contributed by atoms with E-state index in [9.17, 15) is 0 Å². The molecular weight excluding hydrogens is 523 g/mol.